The molecule has 0 aromatic rings. The highest BCUT2D eigenvalue weighted by atomic mass is 15.2. The highest BCUT2D eigenvalue weighted by Crippen LogP contribution is 2.42. The Bertz CT molecular complexity index is 323. The van der Waals surface area contributed by atoms with Gasteiger partial charge >= 0.3 is 0 Å². The van der Waals surface area contributed by atoms with Gasteiger partial charge in [0.25, 0.3) is 0 Å². The summed E-state index contributed by atoms with van der Waals surface area (Å²) in [7, 11) is 0. The summed E-state index contributed by atoms with van der Waals surface area (Å²) in [6, 6.07) is 0.863. The Morgan fingerprint density at radius 1 is 1.05 bits per heavy atom. The van der Waals surface area contributed by atoms with E-state index in [1.54, 1.807) is 0 Å². The van der Waals surface area contributed by atoms with Crippen LogP contribution in [-0.2, 0) is 0 Å². The largest absolute Gasteiger partial charge is 0.310 e. The van der Waals surface area contributed by atoms with Crippen LogP contribution in [0.25, 0.3) is 0 Å². The minimum atomic E-state index is 0.398. The zero-order valence-electron chi connectivity index (χ0n) is 13.8. The fraction of sp³-hybridized carbons (Fsp3) is 1.00. The first kappa shape index (κ1) is 14.8. The Labute approximate surface area is 125 Å². The maximum absolute atomic E-state index is 3.89. The number of nitrogens with one attached hydrogen (secondary N) is 1. The zero-order valence-corrected chi connectivity index (χ0v) is 13.8. The van der Waals surface area contributed by atoms with Crippen molar-refractivity contribution in [3.63, 3.8) is 0 Å². The zero-order chi connectivity index (χ0) is 14.2. The Hall–Kier alpha value is -0.0800. The van der Waals surface area contributed by atoms with Crippen LogP contribution in [0.1, 0.15) is 65.7 Å². The van der Waals surface area contributed by atoms with Gasteiger partial charge in [-0.05, 0) is 69.9 Å². The molecule has 2 saturated carbocycles. The number of hydrogen-bond donors (Lipinski definition) is 1. The van der Waals surface area contributed by atoms with E-state index < -0.39 is 0 Å². The number of hydrogen-bond acceptors (Lipinski definition) is 2. The standard InChI is InChI=1S/C18H34N2/c1-14(2)16-7-4-5-8-17(16)20-12-6-11-19-18(3,13-20)15-9-10-15/h14-17,19H,4-13H2,1-3H3. The quantitative estimate of drug-likeness (QED) is 0.847. The molecule has 0 aromatic carbocycles. The summed E-state index contributed by atoms with van der Waals surface area (Å²) in [4.78, 5) is 2.89. The molecule has 2 nitrogen and oxygen atoms in total. The molecule has 3 atom stereocenters. The van der Waals surface area contributed by atoms with Crippen molar-refractivity contribution in [3.8, 4) is 0 Å². The van der Waals surface area contributed by atoms with Gasteiger partial charge in [-0.1, -0.05) is 26.7 Å². The summed E-state index contributed by atoms with van der Waals surface area (Å²) in [5.74, 6) is 2.73. The van der Waals surface area contributed by atoms with Crippen LogP contribution < -0.4 is 5.32 Å². The van der Waals surface area contributed by atoms with Gasteiger partial charge in [0.05, 0.1) is 0 Å². The van der Waals surface area contributed by atoms with E-state index in [9.17, 15) is 0 Å². The highest BCUT2D eigenvalue weighted by Gasteiger charge is 2.45. The first-order valence-electron chi connectivity index (χ1n) is 9.09. The summed E-state index contributed by atoms with van der Waals surface area (Å²) in [6.07, 6.45) is 10.1. The van der Waals surface area contributed by atoms with E-state index in [-0.39, 0.29) is 0 Å². The molecule has 2 heteroatoms. The van der Waals surface area contributed by atoms with Gasteiger partial charge in [-0.2, -0.15) is 0 Å². The number of nitrogens with zero attached hydrogens (tertiary/aromatic N) is 1. The van der Waals surface area contributed by atoms with E-state index >= 15 is 0 Å². The molecule has 3 rings (SSSR count). The lowest BCUT2D eigenvalue weighted by atomic mass is 9.76. The topological polar surface area (TPSA) is 15.3 Å². The lowest BCUT2D eigenvalue weighted by Crippen LogP contribution is -2.54. The molecule has 0 radical (unpaired) electrons. The summed E-state index contributed by atoms with van der Waals surface area (Å²) in [5.41, 5.74) is 0.398. The van der Waals surface area contributed by atoms with Gasteiger partial charge in [0.1, 0.15) is 0 Å². The van der Waals surface area contributed by atoms with E-state index in [4.69, 9.17) is 0 Å². The van der Waals surface area contributed by atoms with Gasteiger partial charge in [0, 0.05) is 18.1 Å². The molecule has 116 valence electrons. The third-order valence-corrected chi connectivity index (χ3v) is 6.27. The van der Waals surface area contributed by atoms with Crippen LogP contribution in [0.2, 0.25) is 0 Å². The third kappa shape index (κ3) is 3.06. The predicted octanol–water partition coefficient (Wildman–Crippen LogP) is 3.67. The molecule has 20 heavy (non-hydrogen) atoms. The molecule has 3 unspecified atom stereocenters. The van der Waals surface area contributed by atoms with Crippen molar-refractivity contribution >= 4 is 0 Å². The molecular formula is C18H34N2. The SMILES string of the molecule is CC(C)C1CCCCC1N1CCCNC(C)(C2CC2)C1. The molecule has 0 spiro atoms. The fourth-order valence-corrected chi connectivity index (χ4v) is 4.86. The van der Waals surface area contributed by atoms with Crippen molar-refractivity contribution < 1.29 is 0 Å². The Balaban J connectivity index is 1.72. The molecule has 0 aromatic heterocycles. The highest BCUT2D eigenvalue weighted by molar-refractivity contribution is 5.02. The predicted molar refractivity (Wildman–Crippen MR) is 85.9 cm³/mol. The summed E-state index contributed by atoms with van der Waals surface area (Å²) in [6.45, 7) is 11.2. The second-order valence-electron chi connectivity index (χ2n) is 8.20. The lowest BCUT2D eigenvalue weighted by molar-refractivity contribution is 0.0615. The van der Waals surface area contributed by atoms with Crippen molar-refractivity contribution in [3.05, 3.63) is 0 Å². The van der Waals surface area contributed by atoms with Gasteiger partial charge in [-0.25, -0.2) is 0 Å². The minimum Gasteiger partial charge on any atom is -0.310 e. The van der Waals surface area contributed by atoms with E-state index in [2.05, 4.69) is 31.0 Å². The van der Waals surface area contributed by atoms with Gasteiger partial charge in [0.2, 0.25) is 0 Å². The van der Waals surface area contributed by atoms with Gasteiger partial charge in [0.15, 0.2) is 0 Å². The first-order valence-corrected chi connectivity index (χ1v) is 9.09. The first-order chi connectivity index (χ1) is 9.60. The van der Waals surface area contributed by atoms with Crippen molar-refractivity contribution in [1.29, 1.82) is 0 Å². The average molecular weight is 278 g/mol. The monoisotopic (exact) mass is 278 g/mol. The Morgan fingerprint density at radius 3 is 2.50 bits per heavy atom. The lowest BCUT2D eigenvalue weighted by Gasteiger charge is -2.44. The summed E-state index contributed by atoms with van der Waals surface area (Å²) in [5, 5.41) is 3.89. The van der Waals surface area contributed by atoms with Gasteiger partial charge in [-0.15, -0.1) is 0 Å². The summed E-state index contributed by atoms with van der Waals surface area (Å²) >= 11 is 0. The smallest absolute Gasteiger partial charge is 0.0308 e. The van der Waals surface area contributed by atoms with Crippen molar-refractivity contribution in [2.75, 3.05) is 19.6 Å². The van der Waals surface area contributed by atoms with Crippen LogP contribution in [-0.4, -0.2) is 36.1 Å². The van der Waals surface area contributed by atoms with E-state index in [0.29, 0.717) is 5.54 Å². The Kier molecular flexibility index (Phi) is 4.42. The van der Waals surface area contributed by atoms with Crippen LogP contribution in [0.15, 0.2) is 0 Å². The maximum atomic E-state index is 3.89. The third-order valence-electron chi connectivity index (χ3n) is 6.27. The van der Waals surface area contributed by atoms with Crippen LogP contribution in [0.5, 0.6) is 0 Å². The molecule has 1 N–H and O–H groups in total. The molecule has 0 amide bonds. The van der Waals surface area contributed by atoms with E-state index in [1.807, 2.05) is 0 Å². The van der Waals surface area contributed by atoms with E-state index in [0.717, 1.165) is 23.8 Å². The fourth-order valence-electron chi connectivity index (χ4n) is 4.86. The summed E-state index contributed by atoms with van der Waals surface area (Å²) < 4.78 is 0. The van der Waals surface area contributed by atoms with Crippen LogP contribution in [0.4, 0.5) is 0 Å². The molecule has 3 aliphatic rings. The van der Waals surface area contributed by atoms with Crippen LogP contribution >= 0.6 is 0 Å². The molecule has 3 fully saturated rings. The molecule has 1 aliphatic heterocycles. The van der Waals surface area contributed by atoms with Crippen LogP contribution in [0, 0.1) is 17.8 Å². The minimum absolute atomic E-state index is 0.398. The molecule has 2 aliphatic carbocycles. The second kappa shape index (κ2) is 5.96. The van der Waals surface area contributed by atoms with Crippen LogP contribution in [0.3, 0.4) is 0 Å². The van der Waals surface area contributed by atoms with Crippen molar-refractivity contribution in [1.82, 2.24) is 10.2 Å². The Morgan fingerprint density at radius 2 is 1.80 bits per heavy atom. The molecule has 1 heterocycles. The second-order valence-corrected chi connectivity index (χ2v) is 8.20. The van der Waals surface area contributed by atoms with Gasteiger partial charge < -0.3 is 5.32 Å². The maximum Gasteiger partial charge on any atom is 0.0308 e. The molecular weight excluding hydrogens is 244 g/mol. The normalized spacial score (nSPS) is 40.8. The molecule has 0 bridgehead atoms. The van der Waals surface area contributed by atoms with Gasteiger partial charge in [-0.3, -0.25) is 4.90 Å². The average Bonchev–Trinajstić information content (AvgIpc) is 3.26. The van der Waals surface area contributed by atoms with Crippen molar-refractivity contribution in [2.45, 2.75) is 77.3 Å². The van der Waals surface area contributed by atoms with E-state index in [1.165, 1.54) is 64.6 Å². The number of rotatable bonds is 3. The van der Waals surface area contributed by atoms with Crippen molar-refractivity contribution in [2.24, 2.45) is 17.8 Å². The molecule has 1 saturated heterocycles.